The van der Waals surface area contributed by atoms with Gasteiger partial charge in [-0.25, -0.2) is 0 Å². The van der Waals surface area contributed by atoms with E-state index in [0.717, 1.165) is 50.6 Å². The number of alkyl halides is 1. The van der Waals surface area contributed by atoms with Gasteiger partial charge in [-0.2, -0.15) is 0 Å². The van der Waals surface area contributed by atoms with Crippen molar-refractivity contribution in [1.29, 1.82) is 0 Å². The molecular weight excluding hydrogens is 437 g/mol. The van der Waals surface area contributed by atoms with Crippen molar-refractivity contribution in [1.82, 2.24) is 14.8 Å². The minimum Gasteiger partial charge on any atom is -0.487 e. The summed E-state index contributed by atoms with van der Waals surface area (Å²) in [4.78, 5) is 10.2. The summed E-state index contributed by atoms with van der Waals surface area (Å²) in [5.41, 5.74) is 7.66. The molecule has 1 aromatic heterocycles. The molecule has 0 unspecified atom stereocenters. The topological polar surface area (TPSA) is 28.6 Å². The van der Waals surface area contributed by atoms with Gasteiger partial charge in [0.1, 0.15) is 11.9 Å². The summed E-state index contributed by atoms with van der Waals surface area (Å²) in [6, 6.07) is 14.1. The van der Waals surface area contributed by atoms with E-state index < -0.39 is 0 Å². The summed E-state index contributed by atoms with van der Waals surface area (Å²) >= 11 is 0. The highest BCUT2D eigenvalue weighted by atomic mass is 19.1. The third kappa shape index (κ3) is 3.57. The Hall–Kier alpha value is -2.24. The van der Waals surface area contributed by atoms with Crippen LogP contribution in [-0.2, 0) is 6.42 Å². The van der Waals surface area contributed by atoms with Gasteiger partial charge in [-0.15, -0.1) is 0 Å². The maximum absolute atomic E-state index is 12.5. The zero-order chi connectivity index (χ0) is 23.6. The van der Waals surface area contributed by atoms with Crippen molar-refractivity contribution in [3.05, 3.63) is 65.0 Å². The number of benzene rings is 1. The molecule has 4 aliphatic carbocycles. The summed E-state index contributed by atoms with van der Waals surface area (Å²) in [6.45, 7) is 4.89. The van der Waals surface area contributed by atoms with Gasteiger partial charge in [-0.05, 0) is 92.2 Å². The number of halogens is 1. The molecule has 1 saturated heterocycles. The van der Waals surface area contributed by atoms with Crippen molar-refractivity contribution >= 4 is 5.57 Å². The number of hydrogen-bond donors (Lipinski definition) is 0. The van der Waals surface area contributed by atoms with E-state index in [9.17, 15) is 4.39 Å². The molecule has 3 atom stereocenters. The average molecular weight is 474 g/mol. The zero-order valence-electron chi connectivity index (χ0n) is 20.8. The first kappa shape index (κ1) is 22.0. The molecule has 4 nitrogen and oxygen atoms in total. The third-order valence-corrected chi connectivity index (χ3v) is 9.43. The second-order valence-corrected chi connectivity index (χ2v) is 11.7. The molecule has 35 heavy (non-hydrogen) atoms. The van der Waals surface area contributed by atoms with Crippen LogP contribution in [0.15, 0.2) is 48.2 Å². The van der Waals surface area contributed by atoms with E-state index in [2.05, 4.69) is 53.1 Å². The van der Waals surface area contributed by atoms with E-state index >= 15 is 0 Å². The Morgan fingerprint density at radius 1 is 1.14 bits per heavy atom. The van der Waals surface area contributed by atoms with Crippen molar-refractivity contribution in [2.24, 2.45) is 5.92 Å². The largest absolute Gasteiger partial charge is 0.487 e. The van der Waals surface area contributed by atoms with Gasteiger partial charge in [0.05, 0.1) is 24.6 Å². The Bertz CT molecular complexity index is 1130. The van der Waals surface area contributed by atoms with Crippen molar-refractivity contribution in [3.63, 3.8) is 0 Å². The van der Waals surface area contributed by atoms with Gasteiger partial charge < -0.3 is 4.74 Å². The molecule has 0 amide bonds. The quantitative estimate of drug-likeness (QED) is 0.524. The fraction of sp³-hybridized carbons (Fsp3) is 0.567. The van der Waals surface area contributed by atoms with Gasteiger partial charge in [0.2, 0.25) is 0 Å². The van der Waals surface area contributed by atoms with Gasteiger partial charge in [-0.3, -0.25) is 19.2 Å². The maximum Gasteiger partial charge on any atom is 0.138 e. The number of aromatic nitrogens is 1. The molecular formula is C30H36FN3O. The zero-order valence-corrected chi connectivity index (χ0v) is 20.8. The summed E-state index contributed by atoms with van der Waals surface area (Å²) in [6.07, 6.45) is 10.0. The van der Waals surface area contributed by atoms with Crippen molar-refractivity contribution in [3.8, 4) is 5.75 Å². The van der Waals surface area contributed by atoms with E-state index in [1.165, 1.54) is 36.1 Å². The van der Waals surface area contributed by atoms with E-state index in [-0.39, 0.29) is 18.8 Å². The Balaban J connectivity index is 1.15. The highest BCUT2D eigenvalue weighted by molar-refractivity contribution is 5.79. The van der Waals surface area contributed by atoms with Crippen LogP contribution in [0.3, 0.4) is 0 Å². The second-order valence-electron chi connectivity index (χ2n) is 11.7. The van der Waals surface area contributed by atoms with E-state index in [4.69, 9.17) is 9.72 Å². The lowest BCUT2D eigenvalue weighted by molar-refractivity contribution is -0.173. The molecule has 3 saturated carbocycles. The van der Waals surface area contributed by atoms with Crippen molar-refractivity contribution in [2.45, 2.75) is 75.6 Å². The van der Waals surface area contributed by atoms with E-state index in [1.807, 2.05) is 6.20 Å². The predicted octanol–water partition coefficient (Wildman–Crippen LogP) is 5.59. The highest BCUT2D eigenvalue weighted by Crippen LogP contribution is 2.65. The minimum absolute atomic E-state index is 0.174. The first-order valence-electron chi connectivity index (χ1n) is 13.6. The maximum atomic E-state index is 12.5. The Morgan fingerprint density at radius 2 is 2.00 bits per heavy atom. The van der Waals surface area contributed by atoms with Crippen LogP contribution in [0.5, 0.6) is 5.75 Å². The molecule has 1 aromatic carbocycles. The molecule has 4 fully saturated rings. The fourth-order valence-corrected chi connectivity index (χ4v) is 7.78. The van der Waals surface area contributed by atoms with Gasteiger partial charge in [0, 0.05) is 31.2 Å². The summed E-state index contributed by atoms with van der Waals surface area (Å²) in [5.74, 6) is 1.81. The standard InChI is InChI=1S/C30H36FN3O/c1-20-13-26-25-6-3-2-5-22(25)14-27(26)29(34(20)30-15-21(16-30)17-30)28-8-7-23(18-32-28)35-24-9-12-33(19-24)11-4-10-31/h2-3,5-8,18,20-21,24,29H,4,9-17,19H2,1H3/t20-,21?,24-,29+,30?/m1/s1. The van der Waals surface area contributed by atoms with E-state index in [0.29, 0.717) is 18.0 Å². The lowest BCUT2D eigenvalue weighted by Crippen LogP contribution is -2.71. The highest BCUT2D eigenvalue weighted by Gasteiger charge is 2.63. The Labute approximate surface area is 208 Å². The fourth-order valence-electron chi connectivity index (χ4n) is 7.78. The molecule has 6 aliphatic rings. The number of likely N-dealkylation sites (tertiary alicyclic amines) is 1. The molecule has 2 aromatic rings. The predicted molar refractivity (Wildman–Crippen MR) is 136 cm³/mol. The summed E-state index contributed by atoms with van der Waals surface area (Å²) in [7, 11) is 0. The van der Waals surface area contributed by atoms with Crippen molar-refractivity contribution in [2.75, 3.05) is 26.3 Å². The average Bonchev–Trinajstić information content (AvgIpc) is 3.41. The number of nitrogens with zero attached hydrogens (tertiary/aromatic N) is 3. The molecule has 0 spiro atoms. The number of fused-ring (bicyclic) bond motifs is 2. The SMILES string of the molecule is C[C@@H]1CC2=C(Cc3ccccc32)[C@@H](c2ccc(O[C@@H]3CCN(CCCF)C3)cn2)N1C12CC(C1)C2. The van der Waals surface area contributed by atoms with Crippen molar-refractivity contribution < 1.29 is 9.13 Å². The Morgan fingerprint density at radius 3 is 2.74 bits per heavy atom. The van der Waals surface area contributed by atoms with Gasteiger partial charge in [0.15, 0.2) is 0 Å². The number of rotatable bonds is 7. The van der Waals surface area contributed by atoms with Crippen LogP contribution in [0, 0.1) is 5.92 Å². The number of hydrogen-bond acceptors (Lipinski definition) is 4. The Kier molecular flexibility index (Phi) is 5.29. The normalized spacial score (nSPS) is 33.8. The second kappa shape index (κ2) is 8.41. The smallest absolute Gasteiger partial charge is 0.138 e. The number of ether oxygens (including phenoxy) is 1. The summed E-state index contributed by atoms with van der Waals surface area (Å²) in [5, 5.41) is 0. The minimum atomic E-state index is -0.241. The molecule has 0 N–H and O–H groups in total. The van der Waals surface area contributed by atoms with Crippen LogP contribution in [0.1, 0.15) is 68.3 Å². The lowest BCUT2D eigenvalue weighted by Gasteiger charge is -2.70. The monoisotopic (exact) mass is 473 g/mol. The lowest BCUT2D eigenvalue weighted by atomic mass is 9.48. The first-order valence-corrected chi connectivity index (χ1v) is 13.6. The van der Waals surface area contributed by atoms with Crippen LogP contribution in [0.2, 0.25) is 0 Å². The van der Waals surface area contributed by atoms with Crippen LogP contribution in [0.4, 0.5) is 4.39 Å². The number of pyridine rings is 1. The van der Waals surface area contributed by atoms with E-state index in [1.54, 1.807) is 11.1 Å². The van der Waals surface area contributed by atoms with Crippen LogP contribution >= 0.6 is 0 Å². The first-order chi connectivity index (χ1) is 17.1. The van der Waals surface area contributed by atoms with Gasteiger partial charge >= 0.3 is 0 Å². The molecule has 2 bridgehead atoms. The summed E-state index contributed by atoms with van der Waals surface area (Å²) < 4.78 is 18.8. The van der Waals surface area contributed by atoms with Gasteiger partial charge in [0.25, 0.3) is 0 Å². The van der Waals surface area contributed by atoms with Crippen LogP contribution < -0.4 is 4.74 Å². The molecule has 3 heterocycles. The molecule has 0 radical (unpaired) electrons. The molecule has 184 valence electrons. The molecule has 2 aliphatic heterocycles. The molecule has 5 heteroatoms. The van der Waals surface area contributed by atoms with Gasteiger partial charge in [-0.1, -0.05) is 24.3 Å². The third-order valence-electron chi connectivity index (χ3n) is 9.43. The molecule has 8 rings (SSSR count). The van der Waals surface area contributed by atoms with Crippen LogP contribution in [0.25, 0.3) is 5.57 Å². The van der Waals surface area contributed by atoms with Crippen LogP contribution in [-0.4, -0.2) is 58.8 Å².